The van der Waals surface area contributed by atoms with Crippen LogP contribution in [0.25, 0.3) is 0 Å². The van der Waals surface area contributed by atoms with E-state index < -0.39 is 10.8 Å². The molecule has 0 saturated heterocycles. The van der Waals surface area contributed by atoms with E-state index >= 15 is 0 Å². The summed E-state index contributed by atoms with van der Waals surface area (Å²) in [7, 11) is 0. The van der Waals surface area contributed by atoms with Crippen LogP contribution in [0.15, 0.2) is 30.3 Å². The van der Waals surface area contributed by atoms with Crippen LogP contribution >= 0.6 is 11.6 Å². The summed E-state index contributed by atoms with van der Waals surface area (Å²) in [5.74, 6) is 0.661. The molecule has 136 valence electrons. The fraction of sp³-hybridized carbons (Fsp3) is 0.278. The smallest absolute Gasteiger partial charge is 0.273 e. The molecule has 3 rings (SSSR count). The molecule has 2 aromatic rings. The third-order valence-corrected chi connectivity index (χ3v) is 4.34. The van der Waals surface area contributed by atoms with Crippen LogP contribution in [0.4, 0.5) is 5.69 Å². The van der Waals surface area contributed by atoms with Crippen molar-refractivity contribution in [2.45, 2.75) is 19.9 Å². The topological polar surface area (TPSA) is 90.7 Å². The van der Waals surface area contributed by atoms with Gasteiger partial charge in [0, 0.05) is 30.2 Å². The molecule has 0 bridgehead atoms. The molecule has 0 aromatic heterocycles. The molecule has 1 N–H and O–H groups in total. The van der Waals surface area contributed by atoms with Gasteiger partial charge >= 0.3 is 0 Å². The minimum atomic E-state index is -0.504. The van der Waals surface area contributed by atoms with E-state index in [1.165, 1.54) is 12.1 Å². The second-order valence-electron chi connectivity index (χ2n) is 5.84. The average molecular weight is 377 g/mol. The van der Waals surface area contributed by atoms with E-state index in [1.807, 2.05) is 0 Å². The van der Waals surface area contributed by atoms with E-state index in [4.69, 9.17) is 21.1 Å². The maximum Gasteiger partial charge on any atom is 0.273 e. The molecule has 1 amide bonds. The van der Waals surface area contributed by atoms with E-state index in [0.29, 0.717) is 35.3 Å². The fourth-order valence-electron chi connectivity index (χ4n) is 2.73. The Bertz CT molecular complexity index is 869. The van der Waals surface area contributed by atoms with E-state index in [-0.39, 0.29) is 17.8 Å². The van der Waals surface area contributed by atoms with Gasteiger partial charge in [-0.05, 0) is 30.7 Å². The minimum Gasteiger partial charge on any atom is -0.489 e. The van der Waals surface area contributed by atoms with E-state index in [2.05, 4.69) is 5.32 Å². The number of carbonyl (C=O) groups is 1. The quantitative estimate of drug-likeness (QED) is 0.649. The summed E-state index contributed by atoms with van der Waals surface area (Å²) in [5, 5.41) is 14.2. The lowest BCUT2D eigenvalue weighted by Crippen LogP contribution is -2.24. The number of benzene rings is 2. The lowest BCUT2D eigenvalue weighted by atomic mass is 10.1. The molecular formula is C18H17ClN2O5. The van der Waals surface area contributed by atoms with Crippen LogP contribution < -0.4 is 14.8 Å². The van der Waals surface area contributed by atoms with Gasteiger partial charge in [0.05, 0.1) is 23.2 Å². The molecule has 0 fully saturated rings. The highest BCUT2D eigenvalue weighted by Crippen LogP contribution is 2.38. The third-order valence-electron chi connectivity index (χ3n) is 4.06. The molecule has 26 heavy (non-hydrogen) atoms. The Hall–Kier alpha value is -2.80. The Labute approximate surface area is 155 Å². The average Bonchev–Trinajstić information content (AvgIpc) is 2.85. The maximum atomic E-state index is 12.4. The molecule has 1 aliphatic heterocycles. The summed E-state index contributed by atoms with van der Waals surface area (Å²) in [5.41, 5.74) is 1.25. The Balaban J connectivity index is 1.76. The predicted octanol–water partition coefficient (Wildman–Crippen LogP) is 3.65. The molecule has 1 aliphatic rings. The first-order chi connectivity index (χ1) is 12.5. The summed E-state index contributed by atoms with van der Waals surface area (Å²) in [6, 6.07) is 7.89. The number of nitrogens with zero attached hydrogens (tertiary/aromatic N) is 1. The van der Waals surface area contributed by atoms with Gasteiger partial charge in [-0.1, -0.05) is 17.7 Å². The van der Waals surface area contributed by atoms with Crippen LogP contribution in [-0.4, -0.2) is 24.0 Å². The zero-order valence-corrected chi connectivity index (χ0v) is 14.8. The number of hydrogen-bond acceptors (Lipinski definition) is 5. The van der Waals surface area contributed by atoms with Crippen LogP contribution in [0, 0.1) is 17.0 Å². The molecule has 0 atom stereocenters. The number of nitro groups is 1. The summed E-state index contributed by atoms with van der Waals surface area (Å²) in [6.07, 6.45) is 0.767. The lowest BCUT2D eigenvalue weighted by Gasteiger charge is -2.12. The number of halogens is 1. The van der Waals surface area contributed by atoms with Crippen LogP contribution in [0.3, 0.4) is 0 Å². The minimum absolute atomic E-state index is 0.0868. The van der Waals surface area contributed by atoms with Gasteiger partial charge in [0.25, 0.3) is 11.6 Å². The molecule has 0 unspecified atom stereocenters. The number of amides is 1. The lowest BCUT2D eigenvalue weighted by molar-refractivity contribution is -0.385. The Morgan fingerprint density at radius 1 is 1.31 bits per heavy atom. The molecular weight excluding hydrogens is 360 g/mol. The van der Waals surface area contributed by atoms with Gasteiger partial charge in [0.15, 0.2) is 11.5 Å². The van der Waals surface area contributed by atoms with Crippen LogP contribution in [0.2, 0.25) is 5.02 Å². The highest BCUT2D eigenvalue weighted by Gasteiger charge is 2.19. The van der Waals surface area contributed by atoms with Crippen molar-refractivity contribution in [3.63, 3.8) is 0 Å². The summed E-state index contributed by atoms with van der Waals surface area (Å²) in [6.45, 7) is 2.83. The number of nitro benzene ring substituents is 1. The molecule has 0 saturated carbocycles. The number of nitrogens with one attached hydrogen (secondary N) is 1. The van der Waals surface area contributed by atoms with Crippen molar-refractivity contribution >= 4 is 23.2 Å². The van der Waals surface area contributed by atoms with E-state index in [9.17, 15) is 14.9 Å². The number of ether oxygens (including phenoxy) is 2. The predicted molar refractivity (Wildman–Crippen MR) is 96.1 cm³/mol. The van der Waals surface area contributed by atoms with E-state index in [0.717, 1.165) is 12.0 Å². The number of rotatable bonds is 4. The van der Waals surface area contributed by atoms with Gasteiger partial charge < -0.3 is 14.8 Å². The van der Waals surface area contributed by atoms with Crippen molar-refractivity contribution in [3.05, 3.63) is 62.2 Å². The zero-order valence-electron chi connectivity index (χ0n) is 14.1. The number of hydrogen-bond donors (Lipinski definition) is 1. The third kappa shape index (κ3) is 3.72. The zero-order chi connectivity index (χ0) is 18.7. The molecule has 8 heteroatoms. The van der Waals surface area contributed by atoms with Crippen molar-refractivity contribution < 1.29 is 19.2 Å². The van der Waals surface area contributed by atoms with Crippen LogP contribution in [-0.2, 0) is 6.54 Å². The van der Waals surface area contributed by atoms with Crippen molar-refractivity contribution in [3.8, 4) is 11.5 Å². The first-order valence-electron chi connectivity index (χ1n) is 8.07. The molecule has 0 aliphatic carbocycles. The summed E-state index contributed by atoms with van der Waals surface area (Å²) >= 11 is 6.24. The Morgan fingerprint density at radius 2 is 2.08 bits per heavy atom. The molecule has 0 spiro atoms. The van der Waals surface area contributed by atoms with E-state index in [1.54, 1.807) is 25.1 Å². The van der Waals surface area contributed by atoms with Gasteiger partial charge in [-0.3, -0.25) is 14.9 Å². The Morgan fingerprint density at radius 3 is 2.85 bits per heavy atom. The molecule has 0 radical (unpaired) electrons. The van der Waals surface area contributed by atoms with Crippen molar-refractivity contribution in [1.29, 1.82) is 0 Å². The van der Waals surface area contributed by atoms with Gasteiger partial charge in [-0.25, -0.2) is 0 Å². The maximum absolute atomic E-state index is 12.4. The second-order valence-corrected chi connectivity index (χ2v) is 6.25. The SMILES string of the molecule is Cc1c(C(=O)NCc2cc(Cl)c3c(c2)OCCCO3)cccc1[N+](=O)[O-]. The molecule has 1 heterocycles. The molecule has 2 aromatic carbocycles. The highest BCUT2D eigenvalue weighted by atomic mass is 35.5. The van der Waals surface area contributed by atoms with Gasteiger partial charge in [0.1, 0.15) is 0 Å². The van der Waals surface area contributed by atoms with Gasteiger partial charge in [-0.15, -0.1) is 0 Å². The van der Waals surface area contributed by atoms with Gasteiger partial charge in [-0.2, -0.15) is 0 Å². The van der Waals surface area contributed by atoms with Crippen LogP contribution in [0.5, 0.6) is 11.5 Å². The van der Waals surface area contributed by atoms with Crippen molar-refractivity contribution in [1.82, 2.24) is 5.32 Å². The first kappa shape index (κ1) is 18.0. The largest absolute Gasteiger partial charge is 0.489 e. The second kappa shape index (κ2) is 7.61. The monoisotopic (exact) mass is 376 g/mol. The number of carbonyl (C=O) groups excluding carboxylic acids is 1. The summed E-state index contributed by atoms with van der Waals surface area (Å²) < 4.78 is 11.2. The normalized spacial score (nSPS) is 13.0. The van der Waals surface area contributed by atoms with Crippen molar-refractivity contribution in [2.75, 3.05) is 13.2 Å². The standard InChI is InChI=1S/C18H17ClN2O5/c1-11-13(4-2-5-15(11)21(23)24)18(22)20-10-12-8-14(19)17-16(9-12)25-6-3-7-26-17/h2,4-5,8-9H,3,6-7,10H2,1H3,(H,20,22). The fourth-order valence-corrected chi connectivity index (χ4v) is 3.02. The first-order valence-corrected chi connectivity index (χ1v) is 8.45. The van der Waals surface area contributed by atoms with Crippen LogP contribution in [0.1, 0.15) is 27.9 Å². The highest BCUT2D eigenvalue weighted by molar-refractivity contribution is 6.32. The molecule has 7 nitrogen and oxygen atoms in total. The van der Waals surface area contributed by atoms with Gasteiger partial charge in [0.2, 0.25) is 0 Å². The number of fused-ring (bicyclic) bond motifs is 1. The van der Waals surface area contributed by atoms with Crippen molar-refractivity contribution in [2.24, 2.45) is 0 Å². The summed E-state index contributed by atoms with van der Waals surface area (Å²) in [4.78, 5) is 22.9. The Kier molecular flexibility index (Phi) is 5.27.